The predicted molar refractivity (Wildman–Crippen MR) is 120 cm³/mol. The second kappa shape index (κ2) is 11.0. The van der Waals surface area contributed by atoms with Gasteiger partial charge in [0, 0.05) is 29.5 Å². The van der Waals surface area contributed by atoms with E-state index in [1.807, 2.05) is 49.4 Å². The van der Waals surface area contributed by atoms with Crippen LogP contribution in [-0.2, 0) is 11.3 Å². The summed E-state index contributed by atoms with van der Waals surface area (Å²) >= 11 is 5.96. The van der Waals surface area contributed by atoms with Crippen molar-refractivity contribution in [2.24, 2.45) is 0 Å². The van der Waals surface area contributed by atoms with Crippen LogP contribution >= 0.6 is 11.6 Å². The van der Waals surface area contributed by atoms with Crippen molar-refractivity contribution in [3.63, 3.8) is 0 Å². The first kappa shape index (κ1) is 22.2. The van der Waals surface area contributed by atoms with Crippen molar-refractivity contribution >= 4 is 23.6 Å². The maximum atomic E-state index is 12.4. The summed E-state index contributed by atoms with van der Waals surface area (Å²) in [4.78, 5) is 13.9. The number of ether oxygens (including phenoxy) is 2. The third-order valence-corrected chi connectivity index (χ3v) is 5.58. The molecule has 1 aliphatic rings. The van der Waals surface area contributed by atoms with Crippen molar-refractivity contribution in [2.45, 2.75) is 32.4 Å². The van der Waals surface area contributed by atoms with Crippen LogP contribution in [0.25, 0.3) is 6.08 Å². The number of nitrogens with one attached hydrogen (secondary N) is 2. The minimum atomic E-state index is -0.0965. The van der Waals surface area contributed by atoms with E-state index in [1.165, 1.54) is 10.5 Å². The molecule has 1 amide bonds. The molecule has 0 saturated carbocycles. The molecular weight excluding hydrogens is 400 g/mol. The first-order valence-electron chi connectivity index (χ1n) is 10.4. The fraction of sp³-hybridized carbons (Fsp3) is 0.375. The van der Waals surface area contributed by atoms with Gasteiger partial charge in [-0.2, -0.15) is 0 Å². The number of carbonyl (C=O) groups excluding carboxylic acids is 1. The van der Waals surface area contributed by atoms with E-state index in [0.29, 0.717) is 11.5 Å². The topological polar surface area (TPSA) is 52.0 Å². The van der Waals surface area contributed by atoms with Crippen molar-refractivity contribution in [3.05, 3.63) is 64.7 Å². The lowest BCUT2D eigenvalue weighted by Gasteiger charge is -2.29. The molecule has 1 saturated heterocycles. The van der Waals surface area contributed by atoms with Gasteiger partial charge in [0.1, 0.15) is 6.54 Å². The highest BCUT2D eigenvalue weighted by Gasteiger charge is 2.23. The smallest absolute Gasteiger partial charge is 0.258 e. The maximum absolute atomic E-state index is 12.4. The van der Waals surface area contributed by atoms with Crippen LogP contribution in [0, 0.1) is 0 Å². The highest BCUT2D eigenvalue weighted by Crippen LogP contribution is 2.28. The number of hydrogen-bond donors (Lipinski definition) is 2. The molecule has 30 heavy (non-hydrogen) atoms. The zero-order valence-electron chi connectivity index (χ0n) is 17.6. The molecule has 0 bridgehead atoms. The average molecular weight is 430 g/mol. The Bertz CT molecular complexity index is 859. The van der Waals surface area contributed by atoms with E-state index in [4.69, 9.17) is 21.1 Å². The number of likely N-dealkylation sites (tertiary alicyclic amines) is 1. The fourth-order valence-corrected chi connectivity index (χ4v) is 3.88. The molecule has 3 rings (SSSR count). The molecule has 1 fully saturated rings. The van der Waals surface area contributed by atoms with Crippen molar-refractivity contribution in [1.82, 2.24) is 5.32 Å². The third-order valence-electron chi connectivity index (χ3n) is 5.33. The Labute approximate surface area is 183 Å². The highest BCUT2D eigenvalue weighted by atomic mass is 35.5. The van der Waals surface area contributed by atoms with Gasteiger partial charge in [-0.3, -0.25) is 4.79 Å². The lowest BCUT2D eigenvalue weighted by Crippen LogP contribution is -3.12. The van der Waals surface area contributed by atoms with Gasteiger partial charge in [-0.1, -0.05) is 42.0 Å². The number of allylic oxidation sites excluding steroid dienone is 1. The minimum Gasteiger partial charge on any atom is -0.493 e. The third kappa shape index (κ3) is 6.51. The molecule has 2 aromatic rings. The van der Waals surface area contributed by atoms with Crippen LogP contribution in [0.4, 0.5) is 0 Å². The second-order valence-electron chi connectivity index (χ2n) is 7.59. The van der Waals surface area contributed by atoms with Crippen LogP contribution in [0.1, 0.15) is 30.9 Å². The fourth-order valence-electron chi connectivity index (χ4n) is 3.75. The normalized spacial score (nSPS) is 18.9. The number of halogens is 1. The Morgan fingerprint density at radius 2 is 1.90 bits per heavy atom. The lowest BCUT2D eigenvalue weighted by atomic mass is 10.0. The zero-order valence-corrected chi connectivity index (χ0v) is 18.4. The molecule has 160 valence electrons. The van der Waals surface area contributed by atoms with Crippen LogP contribution in [0.2, 0.25) is 5.02 Å². The van der Waals surface area contributed by atoms with Gasteiger partial charge in [0.05, 0.1) is 20.2 Å². The number of methoxy groups -OCH3 is 1. The van der Waals surface area contributed by atoms with Gasteiger partial charge in [-0.25, -0.2) is 0 Å². The summed E-state index contributed by atoms with van der Waals surface area (Å²) in [7, 11) is 1.60. The standard InChI is InChI=1S/C24H29ClN2O3/c1-3-4-18-7-10-22(23(15-18)29-2)30-17-24(28)26-21-11-13-27(14-12-21)16-19-5-8-20(25)9-6-19/h3-10,15,21H,11-14,16-17H2,1-2H3,(H,26,28)/p+1/b4-3+. The number of amides is 1. The molecule has 0 aromatic heterocycles. The first-order valence-corrected chi connectivity index (χ1v) is 10.8. The summed E-state index contributed by atoms with van der Waals surface area (Å²) in [6.07, 6.45) is 5.89. The largest absolute Gasteiger partial charge is 0.493 e. The summed E-state index contributed by atoms with van der Waals surface area (Å²) in [5.41, 5.74) is 2.32. The molecular formula is C24H30ClN2O3+. The Morgan fingerprint density at radius 3 is 2.57 bits per heavy atom. The molecule has 0 aliphatic carbocycles. The number of hydrogen-bond acceptors (Lipinski definition) is 3. The van der Waals surface area contributed by atoms with Crippen LogP contribution < -0.4 is 19.7 Å². The van der Waals surface area contributed by atoms with E-state index in [1.54, 1.807) is 7.11 Å². The number of carbonyl (C=O) groups is 1. The van der Waals surface area contributed by atoms with Crippen LogP contribution in [0.15, 0.2) is 48.5 Å². The van der Waals surface area contributed by atoms with E-state index in [-0.39, 0.29) is 18.6 Å². The Morgan fingerprint density at radius 1 is 1.17 bits per heavy atom. The van der Waals surface area contributed by atoms with Crippen molar-refractivity contribution < 1.29 is 19.2 Å². The van der Waals surface area contributed by atoms with E-state index in [2.05, 4.69) is 17.4 Å². The SMILES string of the molecule is C/C=C/c1ccc(OCC(=O)NC2CC[NH+](Cc3ccc(Cl)cc3)CC2)c(OC)c1. The van der Waals surface area contributed by atoms with Crippen LogP contribution in [0.5, 0.6) is 11.5 Å². The summed E-state index contributed by atoms with van der Waals surface area (Å²) in [6, 6.07) is 13.9. The summed E-state index contributed by atoms with van der Waals surface area (Å²) < 4.78 is 11.1. The second-order valence-corrected chi connectivity index (χ2v) is 8.03. The summed E-state index contributed by atoms with van der Waals surface area (Å²) in [5.74, 6) is 1.10. The molecule has 0 radical (unpaired) electrons. The Balaban J connectivity index is 1.42. The summed E-state index contributed by atoms with van der Waals surface area (Å²) in [5, 5.41) is 3.87. The van der Waals surface area contributed by atoms with Crippen LogP contribution in [-0.4, -0.2) is 38.8 Å². The van der Waals surface area contributed by atoms with Gasteiger partial charge >= 0.3 is 0 Å². The van der Waals surface area contributed by atoms with Crippen molar-refractivity contribution in [1.29, 1.82) is 0 Å². The summed E-state index contributed by atoms with van der Waals surface area (Å²) in [6.45, 7) is 5.01. The van der Waals surface area contributed by atoms with E-state index >= 15 is 0 Å². The number of rotatable bonds is 8. The van der Waals surface area contributed by atoms with Gasteiger partial charge < -0.3 is 19.7 Å². The first-order chi connectivity index (χ1) is 14.6. The van der Waals surface area contributed by atoms with Gasteiger partial charge in [-0.05, 0) is 36.8 Å². The lowest BCUT2D eigenvalue weighted by molar-refractivity contribution is -0.918. The number of quaternary nitrogens is 1. The molecule has 5 nitrogen and oxygen atoms in total. The van der Waals surface area contributed by atoms with Gasteiger partial charge in [0.15, 0.2) is 18.1 Å². The van der Waals surface area contributed by atoms with Crippen molar-refractivity contribution in [3.8, 4) is 11.5 Å². The molecule has 2 aromatic carbocycles. The number of piperidine rings is 1. The van der Waals surface area contributed by atoms with E-state index < -0.39 is 0 Å². The molecule has 1 aliphatic heterocycles. The van der Waals surface area contributed by atoms with E-state index in [9.17, 15) is 4.79 Å². The van der Waals surface area contributed by atoms with E-state index in [0.717, 1.165) is 43.1 Å². The van der Waals surface area contributed by atoms with Gasteiger partial charge in [0.25, 0.3) is 5.91 Å². The van der Waals surface area contributed by atoms with Crippen molar-refractivity contribution in [2.75, 3.05) is 26.8 Å². The van der Waals surface area contributed by atoms with Crippen LogP contribution in [0.3, 0.4) is 0 Å². The zero-order chi connectivity index (χ0) is 21.3. The van der Waals surface area contributed by atoms with Gasteiger partial charge in [0.2, 0.25) is 0 Å². The molecule has 0 atom stereocenters. The van der Waals surface area contributed by atoms with Gasteiger partial charge in [-0.15, -0.1) is 0 Å². The number of benzene rings is 2. The quantitative estimate of drug-likeness (QED) is 0.677. The monoisotopic (exact) mass is 429 g/mol. The molecule has 0 spiro atoms. The minimum absolute atomic E-state index is 0.0167. The molecule has 2 N–H and O–H groups in total. The highest BCUT2D eigenvalue weighted by molar-refractivity contribution is 6.30. The average Bonchev–Trinajstić information content (AvgIpc) is 2.76. The maximum Gasteiger partial charge on any atom is 0.258 e. The Kier molecular flexibility index (Phi) is 8.17. The molecule has 1 heterocycles. The predicted octanol–water partition coefficient (Wildman–Crippen LogP) is 3.12. The molecule has 6 heteroatoms. The Hall–Kier alpha value is -2.50. The molecule has 0 unspecified atom stereocenters.